The molecule has 0 saturated heterocycles. The summed E-state index contributed by atoms with van der Waals surface area (Å²) >= 11 is 5.98. The number of carbonyl (C=O) groups is 2. The van der Waals surface area contributed by atoms with Crippen molar-refractivity contribution in [3.8, 4) is 5.75 Å². The van der Waals surface area contributed by atoms with Crippen LogP contribution in [0.2, 0.25) is 5.02 Å². The van der Waals surface area contributed by atoms with E-state index in [0.717, 1.165) is 11.8 Å². The van der Waals surface area contributed by atoms with Crippen LogP contribution < -0.4 is 14.4 Å². The quantitative estimate of drug-likeness (QED) is 0.430. The molecule has 0 radical (unpaired) electrons. The van der Waals surface area contributed by atoms with E-state index in [-0.39, 0.29) is 37.7 Å². The number of rotatable bonds is 13. The Labute approximate surface area is 213 Å². The van der Waals surface area contributed by atoms with Crippen molar-refractivity contribution in [3.63, 3.8) is 0 Å². The van der Waals surface area contributed by atoms with Crippen molar-refractivity contribution in [3.05, 3.63) is 59.1 Å². The summed E-state index contributed by atoms with van der Waals surface area (Å²) in [7, 11) is -2.08. The molecule has 2 amide bonds. The highest BCUT2D eigenvalue weighted by atomic mass is 35.5. The Bertz CT molecular complexity index is 1090. The third-order valence-electron chi connectivity index (χ3n) is 5.48. The first-order chi connectivity index (χ1) is 16.6. The average Bonchev–Trinajstić information content (AvgIpc) is 2.82. The van der Waals surface area contributed by atoms with Gasteiger partial charge in [-0.15, -0.1) is 0 Å². The maximum absolute atomic E-state index is 13.3. The van der Waals surface area contributed by atoms with E-state index in [4.69, 9.17) is 16.3 Å². The van der Waals surface area contributed by atoms with Gasteiger partial charge in [0.05, 0.1) is 18.6 Å². The first-order valence-corrected chi connectivity index (χ1v) is 13.8. The molecule has 2 rings (SSSR count). The summed E-state index contributed by atoms with van der Waals surface area (Å²) in [5.74, 6) is -0.0260. The van der Waals surface area contributed by atoms with Crippen molar-refractivity contribution in [2.75, 3.05) is 30.8 Å². The van der Waals surface area contributed by atoms with E-state index >= 15 is 0 Å². The minimum absolute atomic E-state index is 0.0733. The second-order valence-corrected chi connectivity index (χ2v) is 10.4. The largest absolute Gasteiger partial charge is 0.492 e. The predicted molar refractivity (Wildman–Crippen MR) is 139 cm³/mol. The summed E-state index contributed by atoms with van der Waals surface area (Å²) < 4.78 is 32.0. The Morgan fingerprint density at radius 2 is 1.74 bits per heavy atom. The number of hydrogen-bond acceptors (Lipinski definition) is 5. The number of benzene rings is 2. The lowest BCUT2D eigenvalue weighted by molar-refractivity contribution is -0.141. The summed E-state index contributed by atoms with van der Waals surface area (Å²) in [6, 6.07) is 13.4. The molecule has 2 aromatic rings. The van der Waals surface area contributed by atoms with Crippen LogP contribution in [-0.4, -0.2) is 57.6 Å². The van der Waals surface area contributed by atoms with Crippen LogP contribution in [0.25, 0.3) is 0 Å². The third-order valence-corrected chi connectivity index (χ3v) is 6.92. The molecule has 10 heteroatoms. The lowest BCUT2D eigenvalue weighted by Gasteiger charge is -2.31. The fraction of sp³-hybridized carbons (Fsp3) is 0.440. The average molecular weight is 524 g/mol. The van der Waals surface area contributed by atoms with Crippen LogP contribution in [0.4, 0.5) is 5.69 Å². The SMILES string of the molecule is CCOc1ccccc1N(CCCC(=O)N(Cc1ccc(Cl)cc1)[C@@H](CC)C(=O)NC)S(C)(=O)=O. The Hall–Kier alpha value is -2.78. The molecular formula is C25H34ClN3O5S. The topological polar surface area (TPSA) is 96.0 Å². The third kappa shape index (κ3) is 8.14. The van der Waals surface area contributed by atoms with Crippen LogP contribution in [0, 0.1) is 0 Å². The molecule has 0 aliphatic rings. The number of nitrogens with one attached hydrogen (secondary N) is 1. The summed E-state index contributed by atoms with van der Waals surface area (Å²) in [6.07, 6.45) is 1.91. The Balaban J connectivity index is 2.21. The summed E-state index contributed by atoms with van der Waals surface area (Å²) in [5.41, 5.74) is 1.27. The Morgan fingerprint density at radius 3 is 2.31 bits per heavy atom. The second kappa shape index (κ2) is 13.3. The van der Waals surface area contributed by atoms with Gasteiger partial charge in [0.1, 0.15) is 11.8 Å². The number of amides is 2. The van der Waals surface area contributed by atoms with E-state index in [1.165, 1.54) is 11.4 Å². The molecule has 0 heterocycles. The van der Waals surface area contributed by atoms with E-state index in [9.17, 15) is 18.0 Å². The van der Waals surface area contributed by atoms with Crippen LogP contribution in [0.5, 0.6) is 5.75 Å². The van der Waals surface area contributed by atoms with Crippen LogP contribution in [0.3, 0.4) is 0 Å². The normalized spacial score (nSPS) is 12.0. The molecule has 8 nitrogen and oxygen atoms in total. The molecule has 1 atom stereocenters. The van der Waals surface area contributed by atoms with E-state index in [1.54, 1.807) is 41.3 Å². The number of likely N-dealkylation sites (N-methyl/N-ethyl adjacent to an activating group) is 1. The Morgan fingerprint density at radius 1 is 1.09 bits per heavy atom. The highest BCUT2D eigenvalue weighted by molar-refractivity contribution is 7.92. The maximum atomic E-state index is 13.3. The van der Waals surface area contributed by atoms with E-state index in [1.807, 2.05) is 26.0 Å². The molecule has 2 aromatic carbocycles. The second-order valence-electron chi connectivity index (χ2n) is 8.03. The standard InChI is InChI=1S/C25H34ClN3O5S/c1-5-21(25(31)27-3)28(18-19-13-15-20(26)16-14-19)24(30)12-9-17-29(35(4,32)33)22-10-7-8-11-23(22)34-6-2/h7-8,10-11,13-16,21H,5-6,9,12,17-18H2,1-4H3,(H,27,31)/t21-/m0/s1. The van der Waals surface area contributed by atoms with Gasteiger partial charge >= 0.3 is 0 Å². The molecular weight excluding hydrogens is 490 g/mol. The van der Waals surface area contributed by atoms with E-state index in [2.05, 4.69) is 5.32 Å². The van der Waals surface area contributed by atoms with Gasteiger partial charge in [-0.3, -0.25) is 13.9 Å². The number of ether oxygens (including phenoxy) is 1. The zero-order valence-corrected chi connectivity index (χ0v) is 22.2. The molecule has 0 bridgehead atoms. The van der Waals surface area contributed by atoms with Crippen molar-refractivity contribution in [2.45, 2.75) is 45.7 Å². The monoisotopic (exact) mass is 523 g/mol. The van der Waals surface area contributed by atoms with Crippen molar-refractivity contribution >= 4 is 39.1 Å². The van der Waals surface area contributed by atoms with Gasteiger partial charge in [0.15, 0.2) is 0 Å². The number of para-hydroxylation sites is 2. The fourth-order valence-corrected chi connectivity index (χ4v) is 4.89. The first-order valence-electron chi connectivity index (χ1n) is 11.6. The number of sulfonamides is 1. The highest BCUT2D eigenvalue weighted by Gasteiger charge is 2.28. The van der Waals surface area contributed by atoms with Crippen LogP contribution in [-0.2, 0) is 26.2 Å². The van der Waals surface area contributed by atoms with Gasteiger partial charge in [-0.2, -0.15) is 0 Å². The summed E-state index contributed by atoms with van der Waals surface area (Å²) in [6.45, 7) is 4.40. The number of hydrogen-bond donors (Lipinski definition) is 1. The zero-order valence-electron chi connectivity index (χ0n) is 20.7. The predicted octanol–water partition coefficient (Wildman–Crippen LogP) is 3.84. The van der Waals surface area contributed by atoms with E-state index in [0.29, 0.717) is 29.5 Å². The van der Waals surface area contributed by atoms with Crippen molar-refractivity contribution in [2.24, 2.45) is 0 Å². The van der Waals surface area contributed by atoms with E-state index < -0.39 is 16.1 Å². The zero-order chi connectivity index (χ0) is 26.0. The van der Waals surface area contributed by atoms with Gasteiger partial charge in [0.2, 0.25) is 21.8 Å². The Kier molecular flexibility index (Phi) is 10.9. The minimum Gasteiger partial charge on any atom is -0.492 e. The molecule has 0 spiro atoms. The molecule has 0 fully saturated rings. The van der Waals surface area contributed by atoms with Crippen LogP contribution in [0.1, 0.15) is 38.7 Å². The molecule has 0 aliphatic heterocycles. The summed E-state index contributed by atoms with van der Waals surface area (Å²) in [5, 5.41) is 3.21. The van der Waals surface area contributed by atoms with Crippen LogP contribution >= 0.6 is 11.6 Å². The lowest BCUT2D eigenvalue weighted by atomic mass is 10.1. The molecule has 1 N–H and O–H groups in total. The molecule has 192 valence electrons. The molecule has 0 unspecified atom stereocenters. The number of halogens is 1. The van der Waals surface area contributed by atoms with Crippen molar-refractivity contribution < 1.29 is 22.7 Å². The van der Waals surface area contributed by atoms with Gasteiger partial charge in [0, 0.05) is 31.6 Å². The molecule has 0 saturated carbocycles. The minimum atomic E-state index is -3.62. The lowest BCUT2D eigenvalue weighted by Crippen LogP contribution is -2.48. The highest BCUT2D eigenvalue weighted by Crippen LogP contribution is 2.30. The number of anilines is 1. The van der Waals surface area contributed by atoms with Crippen molar-refractivity contribution in [1.82, 2.24) is 10.2 Å². The van der Waals surface area contributed by atoms with Crippen LogP contribution in [0.15, 0.2) is 48.5 Å². The molecule has 0 aromatic heterocycles. The maximum Gasteiger partial charge on any atom is 0.242 e. The van der Waals surface area contributed by atoms with Gasteiger partial charge in [-0.1, -0.05) is 42.8 Å². The number of nitrogens with zero attached hydrogens (tertiary/aromatic N) is 2. The molecule has 0 aliphatic carbocycles. The van der Waals surface area contributed by atoms with Gasteiger partial charge in [-0.05, 0) is 49.6 Å². The smallest absolute Gasteiger partial charge is 0.242 e. The van der Waals surface area contributed by atoms with Gasteiger partial charge in [0.25, 0.3) is 0 Å². The first kappa shape index (κ1) is 28.5. The molecule has 35 heavy (non-hydrogen) atoms. The van der Waals surface area contributed by atoms with Crippen molar-refractivity contribution in [1.29, 1.82) is 0 Å². The van der Waals surface area contributed by atoms with Gasteiger partial charge in [-0.25, -0.2) is 8.42 Å². The number of carbonyl (C=O) groups excluding carboxylic acids is 2. The van der Waals surface area contributed by atoms with Gasteiger partial charge < -0.3 is 15.0 Å². The summed E-state index contributed by atoms with van der Waals surface area (Å²) in [4.78, 5) is 27.3. The fourth-order valence-electron chi connectivity index (χ4n) is 3.80.